The molecule has 1 aliphatic rings. The van der Waals surface area contributed by atoms with Crippen LogP contribution in [-0.2, 0) is 6.42 Å². The number of rotatable bonds is 3. The fourth-order valence-corrected chi connectivity index (χ4v) is 2.38. The molecule has 3 nitrogen and oxygen atoms in total. The molecule has 0 aliphatic carbocycles. The maximum atomic E-state index is 6.10. The first-order valence-electron chi connectivity index (χ1n) is 5.61. The summed E-state index contributed by atoms with van der Waals surface area (Å²) in [5.41, 5.74) is 0.990. The van der Waals surface area contributed by atoms with Gasteiger partial charge in [0.05, 0.1) is 6.54 Å². The summed E-state index contributed by atoms with van der Waals surface area (Å²) >= 11 is 12.2. The molecule has 0 saturated carbocycles. The van der Waals surface area contributed by atoms with Gasteiger partial charge in [0.2, 0.25) is 0 Å². The van der Waals surface area contributed by atoms with Gasteiger partial charge >= 0.3 is 0 Å². The van der Waals surface area contributed by atoms with E-state index in [4.69, 9.17) is 23.2 Å². The molecule has 0 fully saturated rings. The van der Waals surface area contributed by atoms with Gasteiger partial charge in [-0.25, -0.2) is 0 Å². The lowest BCUT2D eigenvalue weighted by Crippen LogP contribution is -2.36. The summed E-state index contributed by atoms with van der Waals surface area (Å²) in [6.45, 7) is 2.63. The lowest BCUT2D eigenvalue weighted by atomic mass is 10.1. The number of hydrogen-bond acceptors (Lipinski definition) is 3. The van der Waals surface area contributed by atoms with Crippen molar-refractivity contribution >= 4 is 29.2 Å². The van der Waals surface area contributed by atoms with E-state index >= 15 is 0 Å². The Morgan fingerprint density at radius 1 is 1.35 bits per heavy atom. The van der Waals surface area contributed by atoms with Gasteiger partial charge in [0.1, 0.15) is 0 Å². The Balaban J connectivity index is 1.90. The normalized spacial score (nSPS) is 15.0. The van der Waals surface area contributed by atoms with Gasteiger partial charge in [-0.05, 0) is 24.1 Å². The van der Waals surface area contributed by atoms with Crippen molar-refractivity contribution in [3.05, 3.63) is 33.8 Å². The van der Waals surface area contributed by atoms with E-state index in [-0.39, 0.29) is 0 Å². The van der Waals surface area contributed by atoms with Gasteiger partial charge < -0.3 is 10.2 Å². The van der Waals surface area contributed by atoms with Gasteiger partial charge in [0, 0.05) is 30.2 Å². The predicted octanol–water partition coefficient (Wildman–Crippen LogP) is 2.43. The van der Waals surface area contributed by atoms with Crippen molar-refractivity contribution in [1.82, 2.24) is 10.2 Å². The minimum absolute atomic E-state index is 0.723. The van der Waals surface area contributed by atoms with Gasteiger partial charge in [-0.1, -0.05) is 29.3 Å². The number of nitrogens with zero attached hydrogens (tertiary/aromatic N) is 2. The zero-order valence-corrected chi connectivity index (χ0v) is 11.2. The summed E-state index contributed by atoms with van der Waals surface area (Å²) in [4.78, 5) is 6.46. The highest BCUT2D eigenvalue weighted by Gasteiger charge is 2.11. The number of benzene rings is 1. The van der Waals surface area contributed by atoms with Crippen LogP contribution in [0, 0.1) is 0 Å². The number of hydrogen-bond donors (Lipinski definition) is 1. The first kappa shape index (κ1) is 12.5. The Kier molecular flexibility index (Phi) is 4.13. The van der Waals surface area contributed by atoms with E-state index in [9.17, 15) is 0 Å². The zero-order valence-electron chi connectivity index (χ0n) is 9.71. The van der Waals surface area contributed by atoms with Crippen molar-refractivity contribution in [2.75, 3.05) is 26.7 Å². The number of aliphatic imine (C=N–C) groups is 1. The van der Waals surface area contributed by atoms with Crippen molar-refractivity contribution in [3.63, 3.8) is 0 Å². The molecule has 1 aliphatic heterocycles. The lowest BCUT2D eigenvalue weighted by molar-refractivity contribution is 0.534. The van der Waals surface area contributed by atoms with E-state index in [2.05, 4.69) is 15.2 Å². The molecular formula is C12H15Cl2N3. The van der Waals surface area contributed by atoms with Crippen LogP contribution in [0.15, 0.2) is 23.2 Å². The van der Waals surface area contributed by atoms with Crippen LogP contribution in [0.25, 0.3) is 0 Å². The Morgan fingerprint density at radius 2 is 2.06 bits per heavy atom. The van der Waals surface area contributed by atoms with E-state index in [0.29, 0.717) is 0 Å². The summed E-state index contributed by atoms with van der Waals surface area (Å²) < 4.78 is 0. The van der Waals surface area contributed by atoms with E-state index in [1.165, 1.54) is 0 Å². The van der Waals surface area contributed by atoms with E-state index in [1.54, 1.807) is 0 Å². The third-order valence-corrected chi connectivity index (χ3v) is 3.49. The molecule has 5 heteroatoms. The summed E-state index contributed by atoms with van der Waals surface area (Å²) in [6, 6.07) is 5.58. The summed E-state index contributed by atoms with van der Waals surface area (Å²) in [6.07, 6.45) is 0.797. The monoisotopic (exact) mass is 271 g/mol. The highest BCUT2D eigenvalue weighted by molar-refractivity contribution is 6.35. The lowest BCUT2D eigenvalue weighted by Gasteiger charge is -2.15. The topological polar surface area (TPSA) is 27.6 Å². The standard InChI is InChI=1S/C12H15Cl2N3/c1-17-8-7-16-12(17)15-6-5-9-10(13)3-2-4-11(9)14/h2-4H,5-8H2,1H3,(H,15,16). The molecule has 0 unspecified atom stereocenters. The molecule has 1 heterocycles. The third kappa shape index (κ3) is 3.05. The molecule has 1 aromatic rings. The zero-order chi connectivity index (χ0) is 12.3. The van der Waals surface area contributed by atoms with Crippen LogP contribution in [0.3, 0.4) is 0 Å². The Morgan fingerprint density at radius 3 is 2.65 bits per heavy atom. The molecule has 17 heavy (non-hydrogen) atoms. The van der Waals surface area contributed by atoms with Crippen LogP contribution in [-0.4, -0.2) is 37.5 Å². The highest BCUT2D eigenvalue weighted by Crippen LogP contribution is 2.24. The molecule has 0 radical (unpaired) electrons. The minimum Gasteiger partial charge on any atom is -0.356 e. The molecule has 0 aromatic heterocycles. The van der Waals surface area contributed by atoms with E-state index in [1.807, 2.05) is 25.2 Å². The van der Waals surface area contributed by atoms with Gasteiger partial charge in [0.15, 0.2) is 5.96 Å². The summed E-state index contributed by atoms with van der Waals surface area (Å²) in [7, 11) is 2.03. The van der Waals surface area contributed by atoms with Gasteiger partial charge in [-0.15, -0.1) is 0 Å². The van der Waals surface area contributed by atoms with Crippen molar-refractivity contribution in [2.24, 2.45) is 4.99 Å². The number of likely N-dealkylation sites (N-methyl/N-ethyl adjacent to an activating group) is 1. The predicted molar refractivity (Wildman–Crippen MR) is 73.1 cm³/mol. The van der Waals surface area contributed by atoms with Crippen molar-refractivity contribution in [2.45, 2.75) is 6.42 Å². The van der Waals surface area contributed by atoms with Crippen LogP contribution in [0.1, 0.15) is 5.56 Å². The second-order valence-electron chi connectivity index (χ2n) is 4.00. The minimum atomic E-state index is 0.723. The molecule has 0 atom stereocenters. The smallest absolute Gasteiger partial charge is 0.193 e. The number of nitrogens with one attached hydrogen (secondary N) is 1. The van der Waals surface area contributed by atoms with E-state index < -0.39 is 0 Å². The van der Waals surface area contributed by atoms with Crippen molar-refractivity contribution in [3.8, 4) is 0 Å². The first-order chi connectivity index (χ1) is 8.18. The van der Waals surface area contributed by atoms with Gasteiger partial charge in [0.25, 0.3) is 0 Å². The Labute approximate surface area is 111 Å². The molecule has 1 N–H and O–H groups in total. The molecule has 2 rings (SSSR count). The van der Waals surface area contributed by atoms with Gasteiger partial charge in [-0.3, -0.25) is 4.99 Å². The average Bonchev–Trinajstić information content (AvgIpc) is 2.69. The maximum absolute atomic E-state index is 6.10. The second-order valence-corrected chi connectivity index (χ2v) is 4.82. The molecule has 0 bridgehead atoms. The van der Waals surface area contributed by atoms with Crippen LogP contribution in [0.5, 0.6) is 0 Å². The molecule has 0 saturated heterocycles. The quantitative estimate of drug-likeness (QED) is 0.915. The highest BCUT2D eigenvalue weighted by atomic mass is 35.5. The Hall–Kier alpha value is -0.930. The fourth-order valence-electron chi connectivity index (χ4n) is 1.79. The first-order valence-corrected chi connectivity index (χ1v) is 6.36. The van der Waals surface area contributed by atoms with E-state index in [0.717, 1.165) is 47.6 Å². The largest absolute Gasteiger partial charge is 0.356 e. The number of guanidine groups is 1. The maximum Gasteiger partial charge on any atom is 0.193 e. The van der Waals surface area contributed by atoms with Crippen LogP contribution in [0.2, 0.25) is 10.0 Å². The van der Waals surface area contributed by atoms with Crippen LogP contribution >= 0.6 is 23.2 Å². The van der Waals surface area contributed by atoms with Crippen LogP contribution < -0.4 is 5.32 Å². The molecule has 1 aromatic carbocycles. The molecular weight excluding hydrogens is 257 g/mol. The molecule has 92 valence electrons. The van der Waals surface area contributed by atoms with Crippen LogP contribution in [0.4, 0.5) is 0 Å². The van der Waals surface area contributed by atoms with Gasteiger partial charge in [-0.2, -0.15) is 0 Å². The number of halogens is 2. The summed E-state index contributed by atoms with van der Waals surface area (Å²) in [5, 5.41) is 4.74. The second kappa shape index (κ2) is 5.61. The van der Waals surface area contributed by atoms with Crippen molar-refractivity contribution < 1.29 is 0 Å². The third-order valence-electron chi connectivity index (χ3n) is 2.78. The molecule has 0 amide bonds. The average molecular weight is 272 g/mol. The molecule has 0 spiro atoms. The summed E-state index contributed by atoms with van der Waals surface area (Å²) in [5.74, 6) is 0.952. The fraction of sp³-hybridized carbons (Fsp3) is 0.417. The SMILES string of the molecule is CN1CCN=C1NCCc1c(Cl)cccc1Cl. The Bertz CT molecular complexity index is 412. The van der Waals surface area contributed by atoms with Crippen molar-refractivity contribution in [1.29, 1.82) is 0 Å².